The number of carbonyl (C=O) groups is 2. The number of piperazine rings is 1. The molecule has 0 bridgehead atoms. The molecule has 1 aliphatic rings. The molecule has 4 rings (SSSR count). The van der Waals surface area contributed by atoms with E-state index in [9.17, 15) is 9.59 Å². The maximum Gasteiger partial charge on any atom is 0.225 e. The van der Waals surface area contributed by atoms with Gasteiger partial charge in [-0.3, -0.25) is 9.59 Å². The molecule has 1 saturated heterocycles. The second-order valence-electron chi connectivity index (χ2n) is 8.24. The van der Waals surface area contributed by atoms with E-state index in [1.54, 1.807) is 6.92 Å². The van der Waals surface area contributed by atoms with Crippen LogP contribution in [0.1, 0.15) is 40.9 Å². The van der Waals surface area contributed by atoms with E-state index < -0.39 is 0 Å². The molecule has 1 aromatic heterocycles. The number of benzene rings is 2. The molecule has 31 heavy (non-hydrogen) atoms. The largest absolute Gasteiger partial charge is 0.368 e. The van der Waals surface area contributed by atoms with Gasteiger partial charge in [-0.15, -0.1) is 0 Å². The van der Waals surface area contributed by atoms with Gasteiger partial charge in [0.15, 0.2) is 5.78 Å². The number of anilines is 1. The minimum atomic E-state index is -0.000412. The van der Waals surface area contributed by atoms with Gasteiger partial charge in [0.05, 0.1) is 12.5 Å². The van der Waals surface area contributed by atoms with Crippen molar-refractivity contribution in [3.05, 3.63) is 89.7 Å². The normalized spacial score (nSPS) is 15.0. The van der Waals surface area contributed by atoms with Crippen LogP contribution < -0.4 is 4.90 Å². The molecule has 1 aliphatic heterocycles. The van der Waals surface area contributed by atoms with Crippen LogP contribution in [0.3, 0.4) is 0 Å². The highest BCUT2D eigenvalue weighted by atomic mass is 16.2. The van der Waals surface area contributed by atoms with Gasteiger partial charge in [-0.2, -0.15) is 0 Å². The number of rotatable bonds is 6. The van der Waals surface area contributed by atoms with Crippen LogP contribution in [0.25, 0.3) is 0 Å². The van der Waals surface area contributed by atoms with Crippen LogP contribution in [-0.2, 0) is 4.79 Å². The Labute approximate surface area is 183 Å². The van der Waals surface area contributed by atoms with E-state index in [1.807, 2.05) is 53.7 Å². The van der Waals surface area contributed by atoms with Crippen LogP contribution in [0.4, 0.5) is 5.69 Å². The van der Waals surface area contributed by atoms with Crippen molar-refractivity contribution in [3.8, 4) is 0 Å². The topological polar surface area (TPSA) is 45.6 Å². The standard InChI is InChI=1S/C26H29N3O2/c1-20-6-5-7-23(18-20)25(28-12-3-4-13-28)19-26(31)29-16-14-27(15-17-29)24-10-8-22(9-11-24)21(2)30/h3-13,18,25H,14-17,19H2,1-2H3. The van der Waals surface area contributed by atoms with E-state index in [0.29, 0.717) is 19.5 Å². The predicted molar refractivity (Wildman–Crippen MR) is 124 cm³/mol. The fourth-order valence-corrected chi connectivity index (χ4v) is 4.24. The molecule has 2 aromatic carbocycles. The van der Waals surface area contributed by atoms with Crippen LogP contribution in [0, 0.1) is 6.92 Å². The maximum absolute atomic E-state index is 13.2. The SMILES string of the molecule is CC(=O)c1ccc(N2CCN(C(=O)CC(c3cccc(C)c3)n3cccc3)CC2)cc1. The van der Waals surface area contributed by atoms with Crippen molar-refractivity contribution in [1.82, 2.24) is 9.47 Å². The Morgan fingerprint density at radius 3 is 2.19 bits per heavy atom. The van der Waals surface area contributed by atoms with Crippen LogP contribution in [-0.4, -0.2) is 47.3 Å². The van der Waals surface area contributed by atoms with Gasteiger partial charge in [-0.25, -0.2) is 0 Å². The van der Waals surface area contributed by atoms with E-state index in [0.717, 1.165) is 29.9 Å². The fourth-order valence-electron chi connectivity index (χ4n) is 4.24. The number of amides is 1. The molecule has 3 aromatic rings. The van der Waals surface area contributed by atoms with Crippen molar-refractivity contribution >= 4 is 17.4 Å². The van der Waals surface area contributed by atoms with Crippen molar-refractivity contribution in [2.45, 2.75) is 26.3 Å². The maximum atomic E-state index is 13.2. The first kappa shape index (κ1) is 20.9. The second kappa shape index (κ2) is 9.21. The number of Topliss-reactive ketones (excluding diaryl/α,β-unsaturated/α-hetero) is 1. The first-order valence-corrected chi connectivity index (χ1v) is 10.8. The Bertz CT molecular complexity index is 1030. The first-order valence-electron chi connectivity index (χ1n) is 10.8. The van der Waals surface area contributed by atoms with Gasteiger partial charge in [0, 0.05) is 49.8 Å². The zero-order chi connectivity index (χ0) is 21.8. The Morgan fingerprint density at radius 2 is 1.58 bits per heavy atom. The van der Waals surface area contributed by atoms with Crippen LogP contribution in [0.2, 0.25) is 0 Å². The van der Waals surface area contributed by atoms with Gasteiger partial charge < -0.3 is 14.4 Å². The van der Waals surface area contributed by atoms with Gasteiger partial charge in [0.1, 0.15) is 0 Å². The molecule has 1 unspecified atom stereocenters. The van der Waals surface area contributed by atoms with E-state index in [1.165, 1.54) is 5.56 Å². The molecular weight excluding hydrogens is 386 g/mol. The van der Waals surface area contributed by atoms with Crippen molar-refractivity contribution in [1.29, 1.82) is 0 Å². The summed E-state index contributed by atoms with van der Waals surface area (Å²) < 4.78 is 2.12. The van der Waals surface area contributed by atoms with E-state index in [4.69, 9.17) is 0 Å². The minimum Gasteiger partial charge on any atom is -0.368 e. The number of hydrogen-bond donors (Lipinski definition) is 0. The predicted octanol–water partition coefficient (Wildman–Crippen LogP) is 4.33. The molecule has 0 saturated carbocycles. The monoisotopic (exact) mass is 415 g/mol. The van der Waals surface area contributed by atoms with Gasteiger partial charge in [0.25, 0.3) is 0 Å². The van der Waals surface area contributed by atoms with E-state index in [2.05, 4.69) is 40.7 Å². The molecule has 1 atom stereocenters. The number of aromatic nitrogens is 1. The minimum absolute atomic E-state index is 0.000412. The van der Waals surface area contributed by atoms with Gasteiger partial charge in [-0.05, 0) is 55.8 Å². The summed E-state index contributed by atoms with van der Waals surface area (Å²) in [5, 5.41) is 0. The van der Waals surface area contributed by atoms with Crippen molar-refractivity contribution < 1.29 is 9.59 Å². The average Bonchev–Trinajstić information content (AvgIpc) is 3.32. The summed E-state index contributed by atoms with van der Waals surface area (Å²) in [4.78, 5) is 28.9. The average molecular weight is 416 g/mol. The number of carbonyl (C=O) groups excluding carboxylic acids is 2. The molecule has 160 valence electrons. The Kier molecular flexibility index (Phi) is 6.21. The molecule has 5 heteroatoms. The third-order valence-corrected chi connectivity index (χ3v) is 6.05. The van der Waals surface area contributed by atoms with E-state index >= 15 is 0 Å². The molecule has 1 fully saturated rings. The highest BCUT2D eigenvalue weighted by molar-refractivity contribution is 5.94. The molecule has 0 N–H and O–H groups in total. The quantitative estimate of drug-likeness (QED) is 0.563. The van der Waals surface area contributed by atoms with Crippen LogP contribution in [0.5, 0.6) is 0 Å². The third-order valence-electron chi connectivity index (χ3n) is 6.05. The summed E-state index contributed by atoms with van der Waals surface area (Å²) in [6.07, 6.45) is 4.51. The Morgan fingerprint density at radius 1 is 0.903 bits per heavy atom. The molecule has 1 amide bonds. The molecule has 0 spiro atoms. The van der Waals surface area contributed by atoms with Gasteiger partial charge >= 0.3 is 0 Å². The van der Waals surface area contributed by atoms with E-state index in [-0.39, 0.29) is 17.7 Å². The highest BCUT2D eigenvalue weighted by Crippen LogP contribution is 2.25. The zero-order valence-electron chi connectivity index (χ0n) is 18.2. The Hall–Kier alpha value is -3.34. The van der Waals surface area contributed by atoms with Crippen molar-refractivity contribution in [2.24, 2.45) is 0 Å². The number of ketones is 1. The third kappa shape index (κ3) is 4.88. The lowest BCUT2D eigenvalue weighted by molar-refractivity contribution is -0.132. The molecule has 2 heterocycles. The Balaban J connectivity index is 1.41. The molecule has 0 aliphatic carbocycles. The smallest absolute Gasteiger partial charge is 0.225 e. The summed E-state index contributed by atoms with van der Waals surface area (Å²) in [6, 6.07) is 20.2. The first-order chi connectivity index (χ1) is 15.0. The summed E-state index contributed by atoms with van der Waals surface area (Å²) in [7, 11) is 0. The number of nitrogens with zero attached hydrogens (tertiary/aromatic N) is 3. The lowest BCUT2D eigenvalue weighted by Gasteiger charge is -2.37. The summed E-state index contributed by atoms with van der Waals surface area (Å²) in [5.74, 6) is 0.264. The summed E-state index contributed by atoms with van der Waals surface area (Å²) >= 11 is 0. The zero-order valence-corrected chi connectivity index (χ0v) is 18.2. The van der Waals surface area contributed by atoms with Crippen LogP contribution >= 0.6 is 0 Å². The van der Waals surface area contributed by atoms with Crippen LogP contribution in [0.15, 0.2) is 73.1 Å². The summed E-state index contributed by atoms with van der Waals surface area (Å²) in [6.45, 7) is 6.67. The van der Waals surface area contributed by atoms with Gasteiger partial charge in [-0.1, -0.05) is 29.8 Å². The molecule has 0 radical (unpaired) electrons. The number of aryl methyl sites for hydroxylation is 1. The second-order valence-corrected chi connectivity index (χ2v) is 8.24. The molecular formula is C26H29N3O2. The molecule has 5 nitrogen and oxygen atoms in total. The summed E-state index contributed by atoms with van der Waals surface area (Å²) in [5.41, 5.74) is 4.19. The lowest BCUT2D eigenvalue weighted by atomic mass is 10.0. The van der Waals surface area contributed by atoms with Crippen molar-refractivity contribution in [3.63, 3.8) is 0 Å². The lowest BCUT2D eigenvalue weighted by Crippen LogP contribution is -2.49. The highest BCUT2D eigenvalue weighted by Gasteiger charge is 2.25. The van der Waals surface area contributed by atoms with Crippen molar-refractivity contribution in [2.75, 3.05) is 31.1 Å². The van der Waals surface area contributed by atoms with Gasteiger partial charge in [0.2, 0.25) is 5.91 Å². The number of hydrogen-bond acceptors (Lipinski definition) is 3. The fraction of sp³-hybridized carbons (Fsp3) is 0.308.